The molecular weight excluding hydrogens is 431 g/mol. The van der Waals surface area contributed by atoms with Gasteiger partial charge in [0.1, 0.15) is 0 Å². The molecule has 0 aliphatic carbocycles. The van der Waals surface area contributed by atoms with Crippen molar-refractivity contribution in [3.63, 3.8) is 0 Å². The summed E-state index contributed by atoms with van der Waals surface area (Å²) in [5.74, 6) is -0.144. The van der Waals surface area contributed by atoms with Crippen molar-refractivity contribution in [1.82, 2.24) is 21.7 Å². The number of carbonyl (C=O) groups is 2. The molecule has 1 atom stereocenters. The fourth-order valence-corrected chi connectivity index (χ4v) is 1.89. The molecule has 0 aliphatic rings. The van der Waals surface area contributed by atoms with Crippen molar-refractivity contribution in [3.05, 3.63) is 41.0 Å². The Hall–Kier alpha value is 0.195. The number of hydrogen-bond acceptors (Lipinski definition) is 6. The van der Waals surface area contributed by atoms with Crippen molar-refractivity contribution in [2.75, 3.05) is 28.3 Å². The minimum absolute atomic E-state index is 0. The molecule has 4 N–H and O–H groups in total. The summed E-state index contributed by atoms with van der Waals surface area (Å²) < 4.78 is 10.4. The average molecular weight is 460 g/mol. The molecule has 0 fully saturated rings. The van der Waals surface area contributed by atoms with Crippen LogP contribution in [0.3, 0.4) is 0 Å². The van der Waals surface area contributed by atoms with Gasteiger partial charge in [-0.15, -0.1) is 0 Å². The summed E-state index contributed by atoms with van der Waals surface area (Å²) in [7, 11) is 5.52. The smallest absolute Gasteiger partial charge is 0.591 e. The molecule has 0 saturated carbocycles. The third-order valence-corrected chi connectivity index (χ3v) is 3.09. The van der Waals surface area contributed by atoms with Gasteiger partial charge >= 0.3 is 58.2 Å². The molecule has 0 heterocycles. The van der Waals surface area contributed by atoms with Crippen LogP contribution >= 0.6 is 8.53 Å². The predicted molar refractivity (Wildman–Crippen MR) is 100 cm³/mol. The quantitative estimate of drug-likeness (QED) is 0.294. The number of nitrogens with one attached hydrogen (secondary N) is 4. The van der Waals surface area contributed by atoms with Crippen molar-refractivity contribution in [2.45, 2.75) is 20.5 Å². The summed E-state index contributed by atoms with van der Waals surface area (Å²) in [6, 6.07) is 9.97. The second-order valence-electron chi connectivity index (χ2n) is 4.24. The molecule has 1 aromatic rings. The monoisotopic (exact) mass is 459 g/mol. The number of nitrogens with zero attached hydrogens (tertiary/aromatic N) is 1. The van der Waals surface area contributed by atoms with Gasteiger partial charge in [-0.25, -0.2) is 10.9 Å². The largest absolute Gasteiger partial charge is 1.00 e. The third-order valence-electron chi connectivity index (χ3n) is 2.11. The van der Waals surface area contributed by atoms with Gasteiger partial charge in [-0.05, 0) is 5.56 Å². The Morgan fingerprint density at radius 3 is 1.77 bits per heavy atom. The number of hydrazine groups is 2. The zero-order valence-electron chi connectivity index (χ0n) is 16.6. The Morgan fingerprint density at radius 2 is 1.50 bits per heavy atom. The molecule has 0 spiro atoms. The second kappa shape index (κ2) is 23.2. The molecule has 1 rings (SSSR count). The summed E-state index contributed by atoms with van der Waals surface area (Å²) in [5.41, 5.74) is 10.7. The van der Waals surface area contributed by atoms with E-state index in [1.165, 1.54) is 13.8 Å². The summed E-state index contributed by atoms with van der Waals surface area (Å²) in [5, 5.41) is 3.94. The standard InChI is InChI=1S/C9H13NO2P.2C3H8N2O.Rb/c1-10-13(11-2)12-8-9-6-4-3-5-7-9;2*1-3(6)5-4-2;/h3-7H,8H2,1-2H3;2*4H,1-2H3,(H,5,6);/q-1;;;+1. The van der Waals surface area contributed by atoms with Crippen LogP contribution in [0.25, 0.3) is 5.09 Å². The minimum atomic E-state index is -1.05. The van der Waals surface area contributed by atoms with Crippen LogP contribution in [0.5, 0.6) is 0 Å². The predicted octanol–water partition coefficient (Wildman–Crippen LogP) is -1.40. The number of carbonyl (C=O) groups excluding carboxylic acids is 2. The van der Waals surface area contributed by atoms with E-state index in [4.69, 9.17) is 9.05 Å². The van der Waals surface area contributed by atoms with E-state index in [1.807, 2.05) is 30.3 Å². The number of benzene rings is 1. The van der Waals surface area contributed by atoms with Gasteiger partial charge in [-0.2, -0.15) is 7.05 Å². The first-order valence-electron chi connectivity index (χ1n) is 7.38. The van der Waals surface area contributed by atoms with Gasteiger partial charge in [-0.1, -0.05) is 30.3 Å². The minimum Gasteiger partial charge on any atom is -0.591 e. The fraction of sp³-hybridized carbons (Fsp3) is 0.467. The molecule has 9 nitrogen and oxygen atoms in total. The first kappa shape index (κ1) is 30.9. The van der Waals surface area contributed by atoms with Crippen LogP contribution in [-0.4, -0.2) is 40.1 Å². The zero-order valence-corrected chi connectivity index (χ0v) is 22.4. The Balaban J connectivity index is -0.000000345. The normalized spacial score (nSPS) is 9.92. The van der Waals surface area contributed by atoms with Crippen molar-refractivity contribution in [3.8, 4) is 0 Å². The van der Waals surface area contributed by atoms with Crippen LogP contribution in [0.15, 0.2) is 30.3 Å². The first-order chi connectivity index (χ1) is 11.9. The molecule has 0 saturated heterocycles. The molecule has 0 bridgehead atoms. The van der Waals surface area contributed by atoms with E-state index in [0.717, 1.165) is 5.56 Å². The van der Waals surface area contributed by atoms with Crippen molar-refractivity contribution in [1.29, 1.82) is 0 Å². The molecule has 0 radical (unpaired) electrons. The van der Waals surface area contributed by atoms with Crippen LogP contribution < -0.4 is 79.9 Å². The number of hydrogen-bond donors (Lipinski definition) is 4. The Bertz CT molecular complexity index is 437. The second-order valence-corrected chi connectivity index (χ2v) is 5.74. The first-order valence-corrected chi connectivity index (χ1v) is 8.51. The van der Waals surface area contributed by atoms with E-state index < -0.39 is 8.53 Å². The fourth-order valence-electron chi connectivity index (χ4n) is 1.25. The van der Waals surface area contributed by atoms with Crippen LogP contribution in [0.1, 0.15) is 19.4 Å². The summed E-state index contributed by atoms with van der Waals surface area (Å²) in [4.78, 5) is 19.7. The van der Waals surface area contributed by atoms with Crippen molar-refractivity contribution >= 4 is 20.3 Å². The van der Waals surface area contributed by atoms with Gasteiger partial charge in [0.15, 0.2) is 0 Å². The van der Waals surface area contributed by atoms with Gasteiger partial charge in [0.25, 0.3) is 0 Å². The SMILES string of the molecule is CNNC(C)=O.CNNC(C)=O.C[N-]P(OC)OCc1ccccc1.[Rb+]. The van der Waals surface area contributed by atoms with Gasteiger partial charge < -0.3 is 14.1 Å². The molecule has 0 aromatic heterocycles. The zero-order chi connectivity index (χ0) is 19.5. The van der Waals surface area contributed by atoms with E-state index in [9.17, 15) is 9.59 Å². The van der Waals surface area contributed by atoms with E-state index in [-0.39, 0.29) is 70.0 Å². The third kappa shape index (κ3) is 24.2. The maximum absolute atomic E-state index is 9.87. The van der Waals surface area contributed by atoms with Gasteiger partial charge in [0, 0.05) is 35.1 Å². The topological polar surface area (TPSA) is 115 Å². The Labute approximate surface area is 206 Å². The maximum atomic E-state index is 9.87. The van der Waals surface area contributed by atoms with E-state index in [1.54, 1.807) is 28.3 Å². The molecule has 1 aromatic carbocycles. The molecule has 144 valence electrons. The van der Waals surface area contributed by atoms with Crippen LogP contribution in [0.2, 0.25) is 0 Å². The summed E-state index contributed by atoms with van der Waals surface area (Å²) >= 11 is 0. The van der Waals surface area contributed by atoms with Crippen molar-refractivity contribution < 1.29 is 76.8 Å². The van der Waals surface area contributed by atoms with Gasteiger partial charge in [0.2, 0.25) is 11.8 Å². The van der Waals surface area contributed by atoms with Crippen LogP contribution in [-0.2, 0) is 25.2 Å². The molecule has 26 heavy (non-hydrogen) atoms. The van der Waals surface area contributed by atoms with Gasteiger partial charge in [0.05, 0.1) is 15.1 Å². The molecule has 0 aliphatic heterocycles. The molecule has 1 unspecified atom stereocenters. The van der Waals surface area contributed by atoms with E-state index in [2.05, 4.69) is 26.8 Å². The summed E-state index contributed by atoms with van der Waals surface area (Å²) in [6.45, 7) is 3.44. The van der Waals surface area contributed by atoms with E-state index >= 15 is 0 Å². The maximum Gasteiger partial charge on any atom is 1.00 e. The molecule has 2 amide bonds. The number of amides is 2. The molecular formula is C15H29N5O4PRb. The Kier molecular flexibility index (Phi) is 27.6. The average Bonchev–Trinajstić information content (AvgIpc) is 2.57. The number of rotatable bonds is 7. The summed E-state index contributed by atoms with van der Waals surface area (Å²) in [6.07, 6.45) is 0. The molecule has 11 heteroatoms. The van der Waals surface area contributed by atoms with E-state index in [0.29, 0.717) is 6.61 Å². The Morgan fingerprint density at radius 1 is 1.04 bits per heavy atom. The van der Waals surface area contributed by atoms with Crippen molar-refractivity contribution in [2.24, 2.45) is 0 Å². The van der Waals surface area contributed by atoms with Crippen LogP contribution in [0, 0.1) is 0 Å². The van der Waals surface area contributed by atoms with Gasteiger partial charge in [-0.3, -0.25) is 20.4 Å². The van der Waals surface area contributed by atoms with Crippen LogP contribution in [0.4, 0.5) is 0 Å².